The maximum atomic E-state index is 13.7. The van der Waals surface area contributed by atoms with E-state index in [4.69, 9.17) is 4.74 Å². The molecule has 5 heterocycles. The molecule has 2 fully saturated rings. The Kier molecular flexibility index (Phi) is 5.20. The van der Waals surface area contributed by atoms with Crippen molar-refractivity contribution >= 4 is 11.7 Å². The van der Waals surface area contributed by atoms with Gasteiger partial charge in [0.1, 0.15) is 17.9 Å². The molecule has 8 nitrogen and oxygen atoms in total. The molecule has 3 aliphatic rings. The molecule has 8 heteroatoms. The van der Waals surface area contributed by atoms with Gasteiger partial charge in [-0.2, -0.15) is 5.26 Å². The number of amides is 1. The molecule has 0 aliphatic carbocycles. The molecule has 31 heavy (non-hydrogen) atoms. The van der Waals surface area contributed by atoms with Crippen LogP contribution in [0.2, 0.25) is 0 Å². The largest absolute Gasteiger partial charge is 0.380 e. The van der Waals surface area contributed by atoms with Gasteiger partial charge in [-0.3, -0.25) is 14.2 Å². The van der Waals surface area contributed by atoms with Crippen molar-refractivity contribution in [3.63, 3.8) is 0 Å². The first kappa shape index (κ1) is 19.8. The number of nitriles is 1. The molecule has 3 aliphatic heterocycles. The van der Waals surface area contributed by atoms with Crippen molar-refractivity contribution in [1.29, 1.82) is 5.26 Å². The third-order valence-electron chi connectivity index (χ3n) is 6.64. The van der Waals surface area contributed by atoms with Crippen LogP contribution in [0.5, 0.6) is 0 Å². The molecular weight excluding hydrogens is 394 g/mol. The summed E-state index contributed by atoms with van der Waals surface area (Å²) in [6, 6.07) is 10.5. The van der Waals surface area contributed by atoms with Gasteiger partial charge in [0.25, 0.3) is 5.56 Å². The predicted molar refractivity (Wildman–Crippen MR) is 114 cm³/mol. The lowest BCUT2D eigenvalue weighted by molar-refractivity contribution is -0.137. The summed E-state index contributed by atoms with van der Waals surface area (Å²) in [6.45, 7) is 3.62. The van der Waals surface area contributed by atoms with Gasteiger partial charge in [0.2, 0.25) is 5.91 Å². The smallest absolute Gasteiger partial charge is 0.251 e. The quantitative estimate of drug-likeness (QED) is 0.733. The fourth-order valence-electron chi connectivity index (χ4n) is 5.31. The first-order valence-electron chi connectivity index (χ1n) is 10.9. The number of hydrogen-bond acceptors (Lipinski definition) is 6. The Balaban J connectivity index is 1.55. The van der Waals surface area contributed by atoms with E-state index >= 15 is 0 Å². The van der Waals surface area contributed by atoms with Crippen LogP contribution in [0.3, 0.4) is 0 Å². The van der Waals surface area contributed by atoms with E-state index in [2.05, 4.69) is 16.0 Å². The summed E-state index contributed by atoms with van der Waals surface area (Å²) in [4.78, 5) is 35.1. The van der Waals surface area contributed by atoms with Crippen LogP contribution in [0.15, 0.2) is 41.3 Å². The molecule has 2 saturated heterocycles. The molecule has 1 amide bonds. The SMILES string of the molecule is N#Cc1cccnc1N1C[C@H]2C[C@@H](C1)[C@H](C(=O)N1CCCOCC1)n1c2cccc1=O. The van der Waals surface area contributed by atoms with Gasteiger partial charge in [-0.05, 0) is 31.0 Å². The number of hydrogen-bond donors (Lipinski definition) is 0. The second-order valence-electron chi connectivity index (χ2n) is 8.48. The van der Waals surface area contributed by atoms with Gasteiger partial charge in [0, 0.05) is 62.6 Å². The summed E-state index contributed by atoms with van der Waals surface area (Å²) in [5.41, 5.74) is 1.30. The highest BCUT2D eigenvalue weighted by Crippen LogP contribution is 2.43. The van der Waals surface area contributed by atoms with Gasteiger partial charge >= 0.3 is 0 Å². The zero-order chi connectivity index (χ0) is 21.4. The standard InChI is InChI=1S/C23H25N5O3/c24-13-16-4-2-7-25-22(16)27-14-17-12-18(15-27)21(28-19(17)5-1-6-20(28)29)23(30)26-8-3-10-31-11-9-26/h1-2,4-7,17-18,21H,3,8-12,14-15H2/t17-,18+,21-/m1/s1. The average molecular weight is 419 g/mol. The first-order valence-corrected chi connectivity index (χ1v) is 10.9. The number of nitrogens with zero attached hydrogens (tertiary/aromatic N) is 5. The van der Waals surface area contributed by atoms with Crippen molar-refractivity contribution in [3.05, 3.63) is 58.1 Å². The van der Waals surface area contributed by atoms with Gasteiger partial charge in [-0.25, -0.2) is 4.98 Å². The van der Waals surface area contributed by atoms with Gasteiger partial charge < -0.3 is 14.5 Å². The number of anilines is 1. The molecule has 2 bridgehead atoms. The van der Waals surface area contributed by atoms with E-state index in [0.29, 0.717) is 50.8 Å². The minimum atomic E-state index is -0.546. The van der Waals surface area contributed by atoms with Gasteiger partial charge in [0.05, 0.1) is 12.2 Å². The summed E-state index contributed by atoms with van der Waals surface area (Å²) in [6.07, 6.45) is 3.34. The Morgan fingerprint density at radius 2 is 2.06 bits per heavy atom. The normalized spacial score (nSPS) is 25.3. The number of carbonyl (C=O) groups is 1. The van der Waals surface area contributed by atoms with Crippen molar-refractivity contribution in [2.75, 3.05) is 44.3 Å². The van der Waals surface area contributed by atoms with E-state index in [9.17, 15) is 14.9 Å². The Labute approximate surface area is 180 Å². The van der Waals surface area contributed by atoms with Gasteiger partial charge in [0.15, 0.2) is 0 Å². The Morgan fingerprint density at radius 1 is 1.16 bits per heavy atom. The summed E-state index contributed by atoms with van der Waals surface area (Å²) < 4.78 is 7.26. The molecule has 0 saturated carbocycles. The summed E-state index contributed by atoms with van der Waals surface area (Å²) in [5, 5.41) is 9.55. The number of carbonyl (C=O) groups excluding carboxylic acids is 1. The van der Waals surface area contributed by atoms with Crippen molar-refractivity contribution in [1.82, 2.24) is 14.5 Å². The van der Waals surface area contributed by atoms with E-state index in [1.807, 2.05) is 11.0 Å². The molecule has 0 aromatic carbocycles. The second-order valence-corrected chi connectivity index (χ2v) is 8.48. The minimum Gasteiger partial charge on any atom is -0.380 e. The third-order valence-corrected chi connectivity index (χ3v) is 6.64. The van der Waals surface area contributed by atoms with Crippen molar-refractivity contribution in [2.45, 2.75) is 24.8 Å². The fraction of sp³-hybridized carbons (Fsp3) is 0.478. The van der Waals surface area contributed by atoms with E-state index in [1.165, 1.54) is 0 Å². The minimum absolute atomic E-state index is 0.00752. The fourth-order valence-corrected chi connectivity index (χ4v) is 5.31. The van der Waals surface area contributed by atoms with Gasteiger partial charge in [-0.15, -0.1) is 0 Å². The lowest BCUT2D eigenvalue weighted by atomic mass is 9.77. The average Bonchev–Trinajstić information content (AvgIpc) is 3.09. The van der Waals surface area contributed by atoms with Crippen LogP contribution in [0, 0.1) is 17.2 Å². The first-order chi connectivity index (χ1) is 15.2. The van der Waals surface area contributed by atoms with Crippen LogP contribution in [0.4, 0.5) is 5.82 Å². The number of fused-ring (bicyclic) bond motifs is 4. The lowest BCUT2D eigenvalue weighted by Gasteiger charge is -2.47. The topological polar surface area (TPSA) is 91.5 Å². The monoisotopic (exact) mass is 419 g/mol. The Bertz CT molecular complexity index is 1080. The summed E-state index contributed by atoms with van der Waals surface area (Å²) >= 11 is 0. The van der Waals surface area contributed by atoms with E-state index < -0.39 is 6.04 Å². The van der Waals surface area contributed by atoms with E-state index in [0.717, 1.165) is 18.5 Å². The van der Waals surface area contributed by atoms with E-state index in [1.54, 1.807) is 35.0 Å². The second kappa shape index (κ2) is 8.16. The number of piperidine rings is 1. The zero-order valence-electron chi connectivity index (χ0n) is 17.3. The highest BCUT2D eigenvalue weighted by Gasteiger charge is 2.45. The lowest BCUT2D eigenvalue weighted by Crippen LogP contribution is -2.54. The van der Waals surface area contributed by atoms with E-state index in [-0.39, 0.29) is 23.3 Å². The van der Waals surface area contributed by atoms with Crippen molar-refractivity contribution in [3.8, 4) is 6.07 Å². The van der Waals surface area contributed by atoms with Crippen LogP contribution in [-0.4, -0.2) is 59.8 Å². The van der Waals surface area contributed by atoms with Crippen molar-refractivity contribution in [2.24, 2.45) is 5.92 Å². The highest BCUT2D eigenvalue weighted by atomic mass is 16.5. The Hall–Kier alpha value is -3.18. The third kappa shape index (κ3) is 3.49. The molecule has 2 aromatic rings. The maximum absolute atomic E-state index is 13.7. The number of pyridine rings is 2. The molecular formula is C23H25N5O3. The van der Waals surface area contributed by atoms with Crippen LogP contribution in [-0.2, 0) is 9.53 Å². The highest BCUT2D eigenvalue weighted by molar-refractivity contribution is 5.81. The van der Waals surface area contributed by atoms with Gasteiger partial charge in [-0.1, -0.05) is 6.07 Å². The van der Waals surface area contributed by atoms with Crippen LogP contribution < -0.4 is 10.5 Å². The van der Waals surface area contributed by atoms with Crippen molar-refractivity contribution < 1.29 is 9.53 Å². The number of aromatic nitrogens is 2. The molecule has 3 atom stereocenters. The summed E-state index contributed by atoms with van der Waals surface area (Å²) in [7, 11) is 0. The molecule has 0 spiro atoms. The molecule has 0 radical (unpaired) electrons. The summed E-state index contributed by atoms with van der Waals surface area (Å²) in [5.74, 6) is 0.724. The molecule has 0 N–H and O–H groups in total. The molecule has 5 rings (SSSR count). The van der Waals surface area contributed by atoms with Crippen LogP contribution >= 0.6 is 0 Å². The molecule has 160 valence electrons. The number of rotatable bonds is 2. The molecule has 2 aromatic heterocycles. The maximum Gasteiger partial charge on any atom is 0.251 e. The van der Waals surface area contributed by atoms with Crippen LogP contribution in [0.1, 0.15) is 36.1 Å². The zero-order valence-corrected chi connectivity index (χ0v) is 17.3. The van der Waals surface area contributed by atoms with Crippen LogP contribution in [0.25, 0.3) is 0 Å². The predicted octanol–water partition coefficient (Wildman–Crippen LogP) is 1.53. The Morgan fingerprint density at radius 3 is 2.94 bits per heavy atom. The number of ether oxygens (including phenoxy) is 1. The molecule has 0 unspecified atom stereocenters.